The van der Waals surface area contributed by atoms with E-state index in [-0.39, 0.29) is 5.91 Å². The Hall–Kier alpha value is -3.60. The van der Waals surface area contributed by atoms with Crippen LogP contribution in [0.25, 0.3) is 16.9 Å². The van der Waals surface area contributed by atoms with E-state index in [0.29, 0.717) is 5.56 Å². The van der Waals surface area contributed by atoms with Crippen LogP contribution in [0.3, 0.4) is 0 Å². The number of aryl methyl sites for hydroxylation is 1. The summed E-state index contributed by atoms with van der Waals surface area (Å²) in [5.74, 6) is 0.552. The van der Waals surface area contributed by atoms with Crippen LogP contribution in [0.15, 0.2) is 72.9 Å². The SMILES string of the molecule is COc1ccc(C(=O)Nc2cccc(-c3cn4c(C)cccc4n3)c2)cc1. The fourth-order valence-corrected chi connectivity index (χ4v) is 2.99. The third-order valence-corrected chi connectivity index (χ3v) is 4.46. The molecule has 27 heavy (non-hydrogen) atoms. The molecule has 0 aliphatic rings. The van der Waals surface area contributed by atoms with Crippen molar-refractivity contribution in [3.05, 3.63) is 84.2 Å². The zero-order chi connectivity index (χ0) is 18.8. The van der Waals surface area contributed by atoms with Gasteiger partial charge in [0.1, 0.15) is 11.4 Å². The summed E-state index contributed by atoms with van der Waals surface area (Å²) in [7, 11) is 1.60. The number of ether oxygens (including phenoxy) is 1. The lowest BCUT2D eigenvalue weighted by Crippen LogP contribution is -2.11. The van der Waals surface area contributed by atoms with E-state index in [4.69, 9.17) is 4.74 Å². The van der Waals surface area contributed by atoms with Gasteiger partial charge < -0.3 is 14.5 Å². The van der Waals surface area contributed by atoms with E-state index in [1.807, 2.05) is 55.6 Å². The molecule has 4 rings (SSSR count). The molecular formula is C22H19N3O2. The number of carbonyl (C=O) groups is 1. The minimum Gasteiger partial charge on any atom is -0.497 e. The number of hydrogen-bond donors (Lipinski definition) is 1. The van der Waals surface area contributed by atoms with E-state index < -0.39 is 0 Å². The number of pyridine rings is 1. The van der Waals surface area contributed by atoms with Crippen LogP contribution in [0.4, 0.5) is 5.69 Å². The van der Waals surface area contributed by atoms with Gasteiger partial charge >= 0.3 is 0 Å². The lowest BCUT2D eigenvalue weighted by molar-refractivity contribution is 0.102. The van der Waals surface area contributed by atoms with Crippen molar-refractivity contribution in [1.29, 1.82) is 0 Å². The van der Waals surface area contributed by atoms with Crippen molar-refractivity contribution >= 4 is 17.2 Å². The molecule has 2 aromatic carbocycles. The number of imidazole rings is 1. The summed E-state index contributed by atoms with van der Waals surface area (Å²) in [5, 5.41) is 2.94. The Labute approximate surface area is 157 Å². The monoisotopic (exact) mass is 357 g/mol. The highest BCUT2D eigenvalue weighted by molar-refractivity contribution is 6.04. The molecule has 0 aliphatic carbocycles. The first-order valence-electron chi connectivity index (χ1n) is 8.64. The second-order valence-electron chi connectivity index (χ2n) is 6.28. The Morgan fingerprint density at radius 1 is 1.04 bits per heavy atom. The molecule has 5 heteroatoms. The molecule has 0 radical (unpaired) electrons. The van der Waals surface area contributed by atoms with Gasteiger partial charge in [-0.1, -0.05) is 18.2 Å². The number of nitrogens with one attached hydrogen (secondary N) is 1. The third kappa shape index (κ3) is 3.40. The lowest BCUT2D eigenvalue weighted by Gasteiger charge is -2.07. The van der Waals surface area contributed by atoms with Crippen LogP contribution in [-0.2, 0) is 0 Å². The van der Waals surface area contributed by atoms with E-state index >= 15 is 0 Å². The second kappa shape index (κ2) is 6.96. The molecule has 0 aliphatic heterocycles. The van der Waals surface area contributed by atoms with Crippen LogP contribution in [0.5, 0.6) is 5.75 Å². The van der Waals surface area contributed by atoms with Crippen molar-refractivity contribution in [2.75, 3.05) is 12.4 Å². The molecule has 4 aromatic rings. The van der Waals surface area contributed by atoms with Gasteiger partial charge in [-0.25, -0.2) is 4.98 Å². The average Bonchev–Trinajstić information content (AvgIpc) is 3.14. The number of benzene rings is 2. The standard InChI is InChI=1S/C22H19N3O2/c1-15-5-3-8-21-24-20(14-25(15)21)17-6-4-7-18(13-17)23-22(26)16-9-11-19(27-2)12-10-16/h3-14H,1-2H3,(H,23,26). The van der Waals surface area contributed by atoms with Crippen molar-refractivity contribution in [2.24, 2.45) is 0 Å². The van der Waals surface area contributed by atoms with Gasteiger partial charge in [-0.2, -0.15) is 0 Å². The van der Waals surface area contributed by atoms with Gasteiger partial charge in [0.25, 0.3) is 5.91 Å². The van der Waals surface area contributed by atoms with Gasteiger partial charge in [-0.15, -0.1) is 0 Å². The number of nitrogens with zero attached hydrogens (tertiary/aromatic N) is 2. The summed E-state index contributed by atoms with van der Waals surface area (Å²) >= 11 is 0. The minimum absolute atomic E-state index is 0.166. The molecule has 2 aromatic heterocycles. The lowest BCUT2D eigenvalue weighted by atomic mass is 10.1. The highest BCUT2D eigenvalue weighted by Crippen LogP contribution is 2.23. The first-order chi connectivity index (χ1) is 13.1. The van der Waals surface area contributed by atoms with Crippen LogP contribution >= 0.6 is 0 Å². The number of rotatable bonds is 4. The Bertz CT molecular complexity index is 1110. The van der Waals surface area contributed by atoms with Crippen molar-refractivity contribution in [2.45, 2.75) is 6.92 Å². The molecule has 0 spiro atoms. The fourth-order valence-electron chi connectivity index (χ4n) is 2.99. The highest BCUT2D eigenvalue weighted by atomic mass is 16.5. The summed E-state index contributed by atoms with van der Waals surface area (Å²) in [6.45, 7) is 2.05. The number of amides is 1. The fraction of sp³-hybridized carbons (Fsp3) is 0.0909. The molecular weight excluding hydrogens is 338 g/mol. The minimum atomic E-state index is -0.166. The van der Waals surface area contributed by atoms with Gasteiger partial charge in [-0.3, -0.25) is 4.79 Å². The normalized spacial score (nSPS) is 10.7. The maximum Gasteiger partial charge on any atom is 0.255 e. The van der Waals surface area contributed by atoms with E-state index in [9.17, 15) is 4.79 Å². The molecule has 2 heterocycles. The largest absolute Gasteiger partial charge is 0.497 e. The smallest absolute Gasteiger partial charge is 0.255 e. The van der Waals surface area contributed by atoms with Gasteiger partial charge in [0.15, 0.2) is 0 Å². The quantitative estimate of drug-likeness (QED) is 0.582. The predicted molar refractivity (Wildman–Crippen MR) is 106 cm³/mol. The Kier molecular flexibility index (Phi) is 4.34. The van der Waals surface area contributed by atoms with Crippen LogP contribution in [0, 0.1) is 6.92 Å². The first-order valence-corrected chi connectivity index (χ1v) is 8.64. The van der Waals surface area contributed by atoms with Crippen molar-refractivity contribution < 1.29 is 9.53 Å². The van der Waals surface area contributed by atoms with Crippen LogP contribution in [0.2, 0.25) is 0 Å². The van der Waals surface area contributed by atoms with E-state index in [1.54, 1.807) is 31.4 Å². The molecule has 0 bridgehead atoms. The van der Waals surface area contributed by atoms with Crippen LogP contribution < -0.4 is 10.1 Å². The third-order valence-electron chi connectivity index (χ3n) is 4.46. The predicted octanol–water partition coefficient (Wildman–Crippen LogP) is 4.57. The Morgan fingerprint density at radius 3 is 2.56 bits per heavy atom. The molecule has 1 N–H and O–H groups in total. The summed E-state index contributed by atoms with van der Waals surface area (Å²) < 4.78 is 7.18. The summed E-state index contributed by atoms with van der Waals surface area (Å²) in [5.41, 5.74) is 5.13. The van der Waals surface area contributed by atoms with Gasteiger partial charge in [0, 0.05) is 28.7 Å². The number of aromatic nitrogens is 2. The topological polar surface area (TPSA) is 55.6 Å². The Balaban J connectivity index is 1.59. The summed E-state index contributed by atoms with van der Waals surface area (Å²) in [6.07, 6.45) is 2.01. The molecule has 0 saturated carbocycles. The van der Waals surface area contributed by atoms with Crippen molar-refractivity contribution in [3.63, 3.8) is 0 Å². The number of carbonyl (C=O) groups excluding carboxylic acids is 1. The summed E-state index contributed by atoms with van der Waals surface area (Å²) in [4.78, 5) is 17.2. The number of anilines is 1. The van der Waals surface area contributed by atoms with Crippen molar-refractivity contribution in [3.8, 4) is 17.0 Å². The van der Waals surface area contributed by atoms with E-state index in [1.165, 1.54) is 0 Å². The second-order valence-corrected chi connectivity index (χ2v) is 6.28. The number of methoxy groups -OCH3 is 1. The Morgan fingerprint density at radius 2 is 1.81 bits per heavy atom. The summed E-state index contributed by atoms with van der Waals surface area (Å²) in [6, 6.07) is 20.7. The number of fused-ring (bicyclic) bond motifs is 1. The zero-order valence-electron chi connectivity index (χ0n) is 15.1. The molecule has 1 amide bonds. The molecule has 0 atom stereocenters. The first kappa shape index (κ1) is 16.8. The van der Waals surface area contributed by atoms with Crippen LogP contribution in [0.1, 0.15) is 16.1 Å². The molecule has 5 nitrogen and oxygen atoms in total. The molecule has 0 unspecified atom stereocenters. The van der Waals surface area contributed by atoms with E-state index in [2.05, 4.69) is 14.7 Å². The maximum atomic E-state index is 12.5. The zero-order valence-corrected chi connectivity index (χ0v) is 15.1. The highest BCUT2D eigenvalue weighted by Gasteiger charge is 2.09. The molecule has 0 fully saturated rings. The van der Waals surface area contributed by atoms with E-state index in [0.717, 1.165) is 34.0 Å². The number of hydrogen-bond acceptors (Lipinski definition) is 3. The van der Waals surface area contributed by atoms with Gasteiger partial charge in [-0.05, 0) is 55.5 Å². The average molecular weight is 357 g/mol. The van der Waals surface area contributed by atoms with Crippen molar-refractivity contribution in [1.82, 2.24) is 9.38 Å². The molecule has 134 valence electrons. The van der Waals surface area contributed by atoms with Gasteiger partial charge in [0.05, 0.1) is 12.8 Å². The van der Waals surface area contributed by atoms with Gasteiger partial charge in [0.2, 0.25) is 0 Å². The molecule has 0 saturated heterocycles. The maximum absolute atomic E-state index is 12.5. The van der Waals surface area contributed by atoms with Crippen LogP contribution in [-0.4, -0.2) is 22.4 Å².